The number of ether oxygens (including phenoxy) is 1. The van der Waals surface area contributed by atoms with Gasteiger partial charge in [0.05, 0.1) is 11.6 Å². The molecule has 6 heteroatoms. The van der Waals surface area contributed by atoms with Crippen molar-refractivity contribution in [3.8, 4) is 11.1 Å². The fourth-order valence-electron chi connectivity index (χ4n) is 3.85. The molecule has 0 unspecified atom stereocenters. The first kappa shape index (κ1) is 18.6. The number of nitrogens with zero attached hydrogens (tertiary/aromatic N) is 1. The molecule has 1 fully saturated rings. The molecule has 0 spiro atoms. The van der Waals surface area contributed by atoms with Crippen molar-refractivity contribution >= 4 is 49.8 Å². The Bertz CT molecular complexity index is 1200. The van der Waals surface area contributed by atoms with E-state index >= 15 is 0 Å². The third-order valence-corrected chi connectivity index (χ3v) is 6.74. The van der Waals surface area contributed by atoms with Crippen molar-refractivity contribution in [3.63, 3.8) is 0 Å². The molecule has 2 aromatic heterocycles. The van der Waals surface area contributed by atoms with Gasteiger partial charge in [-0.3, -0.25) is 9.78 Å². The predicted octanol–water partition coefficient (Wildman–Crippen LogP) is 5.68. The molecule has 0 aliphatic carbocycles. The van der Waals surface area contributed by atoms with E-state index in [4.69, 9.17) is 16.3 Å². The lowest BCUT2D eigenvalue weighted by Gasteiger charge is -2.11. The highest BCUT2D eigenvalue weighted by Crippen LogP contribution is 2.41. The Kier molecular flexibility index (Phi) is 4.96. The zero-order chi connectivity index (χ0) is 19.8. The molecule has 4 nitrogen and oxygen atoms in total. The highest BCUT2D eigenvalue weighted by molar-refractivity contribution is 7.22. The SMILES string of the molecule is O=C(NC[C@@H]1CCCO1)c1sc2c(cnc3ccc(Cl)cc32)c1-c1ccccc1. The minimum absolute atomic E-state index is 0.0734. The van der Waals surface area contributed by atoms with Gasteiger partial charge < -0.3 is 10.1 Å². The van der Waals surface area contributed by atoms with Gasteiger partial charge in [0.25, 0.3) is 5.91 Å². The molecule has 0 radical (unpaired) electrons. The minimum Gasteiger partial charge on any atom is -0.376 e. The van der Waals surface area contributed by atoms with E-state index in [2.05, 4.69) is 10.3 Å². The van der Waals surface area contributed by atoms with E-state index in [0.29, 0.717) is 16.4 Å². The van der Waals surface area contributed by atoms with Gasteiger partial charge in [0, 0.05) is 45.4 Å². The topological polar surface area (TPSA) is 51.2 Å². The van der Waals surface area contributed by atoms with E-state index < -0.39 is 0 Å². The maximum Gasteiger partial charge on any atom is 0.262 e. The van der Waals surface area contributed by atoms with Gasteiger partial charge in [-0.1, -0.05) is 41.9 Å². The molecule has 0 bridgehead atoms. The molecule has 4 aromatic rings. The summed E-state index contributed by atoms with van der Waals surface area (Å²) in [6, 6.07) is 15.7. The number of rotatable bonds is 4. The highest BCUT2D eigenvalue weighted by atomic mass is 35.5. The lowest BCUT2D eigenvalue weighted by atomic mass is 10.0. The standard InChI is InChI=1S/C23H19ClN2O2S/c24-15-8-9-19-17(11-15)21-18(13-25-19)20(14-5-2-1-3-6-14)22(29-21)23(27)26-12-16-7-4-10-28-16/h1-3,5-6,8-9,11,13,16H,4,7,10,12H2,(H,26,27)/t16-/m0/s1. The molecule has 1 N–H and O–H groups in total. The molecule has 29 heavy (non-hydrogen) atoms. The molecule has 1 atom stereocenters. The summed E-state index contributed by atoms with van der Waals surface area (Å²) in [5.41, 5.74) is 2.79. The van der Waals surface area contributed by atoms with Crippen molar-refractivity contribution in [2.45, 2.75) is 18.9 Å². The molecule has 5 rings (SSSR count). The van der Waals surface area contributed by atoms with Gasteiger partial charge in [-0.25, -0.2) is 0 Å². The first-order valence-electron chi connectivity index (χ1n) is 9.66. The lowest BCUT2D eigenvalue weighted by Crippen LogP contribution is -2.31. The van der Waals surface area contributed by atoms with E-state index in [9.17, 15) is 4.79 Å². The number of hydrogen-bond acceptors (Lipinski definition) is 4. The third kappa shape index (κ3) is 3.50. The van der Waals surface area contributed by atoms with Gasteiger partial charge in [0.2, 0.25) is 0 Å². The maximum absolute atomic E-state index is 13.2. The maximum atomic E-state index is 13.2. The highest BCUT2D eigenvalue weighted by Gasteiger charge is 2.23. The van der Waals surface area contributed by atoms with E-state index in [-0.39, 0.29) is 12.0 Å². The summed E-state index contributed by atoms with van der Waals surface area (Å²) in [7, 11) is 0. The fourth-order valence-corrected chi connectivity index (χ4v) is 5.26. The van der Waals surface area contributed by atoms with Crippen molar-refractivity contribution in [1.29, 1.82) is 0 Å². The summed E-state index contributed by atoms with van der Waals surface area (Å²) in [5, 5.41) is 5.67. The summed E-state index contributed by atoms with van der Waals surface area (Å²) >= 11 is 7.75. The number of pyridine rings is 1. The van der Waals surface area contributed by atoms with Crippen LogP contribution < -0.4 is 5.32 Å². The molecule has 2 aromatic carbocycles. The van der Waals surface area contributed by atoms with Crippen molar-refractivity contribution in [2.24, 2.45) is 0 Å². The van der Waals surface area contributed by atoms with E-state index in [1.165, 1.54) is 11.3 Å². The largest absolute Gasteiger partial charge is 0.376 e. The number of hydrogen-bond donors (Lipinski definition) is 1. The second-order valence-corrected chi connectivity index (χ2v) is 8.64. The summed E-state index contributed by atoms with van der Waals surface area (Å²) in [6.07, 6.45) is 4.01. The van der Waals surface area contributed by atoms with E-state index in [1.807, 2.05) is 54.7 Å². The van der Waals surface area contributed by atoms with Crippen LogP contribution in [0.5, 0.6) is 0 Å². The predicted molar refractivity (Wildman–Crippen MR) is 119 cm³/mol. The second kappa shape index (κ2) is 7.75. The van der Waals surface area contributed by atoms with Crippen molar-refractivity contribution in [1.82, 2.24) is 10.3 Å². The molecule has 1 aliphatic heterocycles. The number of aromatic nitrogens is 1. The Morgan fingerprint density at radius 1 is 1.21 bits per heavy atom. The molecular formula is C23H19ClN2O2S. The molecule has 146 valence electrons. The Labute approximate surface area is 177 Å². The van der Waals surface area contributed by atoms with Crippen LogP contribution in [0.15, 0.2) is 54.7 Å². The number of benzene rings is 2. The Balaban J connectivity index is 1.65. The fraction of sp³-hybridized carbons (Fsp3) is 0.217. The lowest BCUT2D eigenvalue weighted by molar-refractivity contribution is 0.0861. The molecule has 0 saturated carbocycles. The summed E-state index contributed by atoms with van der Waals surface area (Å²) in [5.74, 6) is -0.0734. The van der Waals surface area contributed by atoms with Crippen LogP contribution in [0, 0.1) is 0 Å². The van der Waals surface area contributed by atoms with Crippen LogP contribution in [0.2, 0.25) is 5.02 Å². The molecule has 1 saturated heterocycles. The van der Waals surface area contributed by atoms with Crippen LogP contribution in [0.4, 0.5) is 0 Å². The number of carbonyl (C=O) groups excluding carboxylic acids is 1. The van der Waals surface area contributed by atoms with Gasteiger partial charge in [0.15, 0.2) is 0 Å². The van der Waals surface area contributed by atoms with Crippen LogP contribution in [0.25, 0.3) is 32.1 Å². The number of fused-ring (bicyclic) bond motifs is 3. The quantitative estimate of drug-likeness (QED) is 0.460. The normalized spacial score (nSPS) is 16.5. The van der Waals surface area contributed by atoms with Crippen molar-refractivity contribution in [2.75, 3.05) is 13.2 Å². The summed E-state index contributed by atoms with van der Waals surface area (Å²) < 4.78 is 6.67. The van der Waals surface area contributed by atoms with Gasteiger partial charge in [-0.2, -0.15) is 0 Å². The van der Waals surface area contributed by atoms with Gasteiger partial charge in [-0.05, 0) is 36.6 Å². The molecular weight excluding hydrogens is 404 g/mol. The first-order valence-corrected chi connectivity index (χ1v) is 10.9. The number of amides is 1. The molecule has 1 amide bonds. The second-order valence-electron chi connectivity index (χ2n) is 7.18. The van der Waals surface area contributed by atoms with Gasteiger partial charge in [0.1, 0.15) is 4.88 Å². The van der Waals surface area contributed by atoms with E-state index in [0.717, 1.165) is 51.6 Å². The van der Waals surface area contributed by atoms with Gasteiger partial charge >= 0.3 is 0 Å². The third-order valence-electron chi connectivity index (χ3n) is 5.26. The van der Waals surface area contributed by atoms with Crippen molar-refractivity contribution < 1.29 is 9.53 Å². The smallest absolute Gasteiger partial charge is 0.262 e. The average Bonchev–Trinajstić information content (AvgIpc) is 3.40. The minimum atomic E-state index is -0.0734. The number of halogens is 1. The zero-order valence-corrected chi connectivity index (χ0v) is 17.2. The van der Waals surface area contributed by atoms with Crippen LogP contribution in [-0.2, 0) is 4.74 Å². The molecule has 3 heterocycles. The number of carbonyl (C=O) groups is 1. The van der Waals surface area contributed by atoms with Crippen LogP contribution in [0.1, 0.15) is 22.5 Å². The Hall–Kier alpha value is -2.47. The zero-order valence-electron chi connectivity index (χ0n) is 15.7. The van der Waals surface area contributed by atoms with Gasteiger partial charge in [-0.15, -0.1) is 11.3 Å². The van der Waals surface area contributed by atoms with E-state index in [1.54, 1.807) is 0 Å². The summed E-state index contributed by atoms with van der Waals surface area (Å²) in [4.78, 5) is 18.5. The van der Waals surface area contributed by atoms with Crippen LogP contribution >= 0.6 is 22.9 Å². The van der Waals surface area contributed by atoms with Crippen LogP contribution in [-0.4, -0.2) is 30.1 Å². The number of nitrogens with one attached hydrogen (secondary N) is 1. The summed E-state index contributed by atoms with van der Waals surface area (Å²) in [6.45, 7) is 1.31. The van der Waals surface area contributed by atoms with Crippen molar-refractivity contribution in [3.05, 3.63) is 64.6 Å². The van der Waals surface area contributed by atoms with Crippen LogP contribution in [0.3, 0.4) is 0 Å². The Morgan fingerprint density at radius 3 is 2.86 bits per heavy atom. The Morgan fingerprint density at radius 2 is 2.07 bits per heavy atom. The first-order chi connectivity index (χ1) is 14.2. The monoisotopic (exact) mass is 422 g/mol. The number of thiophene rings is 1. The molecule has 1 aliphatic rings. The average molecular weight is 423 g/mol.